The van der Waals surface area contributed by atoms with E-state index in [2.05, 4.69) is 56.9 Å². The molecule has 6 nitrogen and oxygen atoms in total. The molecule has 0 radical (unpaired) electrons. The summed E-state index contributed by atoms with van der Waals surface area (Å²) in [7, 11) is 1.60. The molecule has 1 aromatic heterocycles. The number of likely N-dealkylation sites (tertiary alicyclic amines) is 1. The van der Waals surface area contributed by atoms with Gasteiger partial charge in [-0.05, 0) is 84.3 Å². The van der Waals surface area contributed by atoms with Crippen LogP contribution in [0.3, 0.4) is 0 Å². The van der Waals surface area contributed by atoms with Gasteiger partial charge in [0, 0.05) is 29.3 Å². The second kappa shape index (κ2) is 13.6. The molecular formula is C28H37BrClFN4O2. The van der Waals surface area contributed by atoms with Crippen LogP contribution < -0.4 is 14.8 Å². The Morgan fingerprint density at radius 3 is 2.65 bits per heavy atom. The monoisotopic (exact) mass is 594 g/mol. The van der Waals surface area contributed by atoms with E-state index in [4.69, 9.17) is 21.1 Å². The highest BCUT2D eigenvalue weighted by molar-refractivity contribution is 9.10. The van der Waals surface area contributed by atoms with E-state index >= 15 is 0 Å². The molecule has 0 saturated carbocycles. The Kier molecular flexibility index (Phi) is 10.8. The molecular weight excluding hydrogens is 559 g/mol. The van der Waals surface area contributed by atoms with Gasteiger partial charge in [-0.1, -0.05) is 32.4 Å². The fraction of sp³-hybridized carbons (Fsp3) is 0.500. The Labute approximate surface area is 233 Å². The number of ether oxygens (including phenoxy) is 2. The number of nitrogens with zero attached hydrogens (tertiary/aromatic N) is 3. The van der Waals surface area contributed by atoms with Crippen LogP contribution in [0, 0.1) is 37.4 Å². The zero-order valence-electron chi connectivity index (χ0n) is 22.4. The molecule has 2 unspecified atom stereocenters. The minimum Gasteiger partial charge on any atom is -0.493 e. The Balaban J connectivity index is 1.87. The fourth-order valence-electron chi connectivity index (χ4n) is 4.59. The molecule has 1 fully saturated rings. The number of halogens is 3. The van der Waals surface area contributed by atoms with E-state index in [9.17, 15) is 4.39 Å². The maximum absolute atomic E-state index is 14.7. The number of aryl methyl sites for hydroxylation is 2. The summed E-state index contributed by atoms with van der Waals surface area (Å²) in [5.41, 5.74) is 1.62. The summed E-state index contributed by atoms with van der Waals surface area (Å²) in [4.78, 5) is 11.3. The quantitative estimate of drug-likeness (QED) is 0.303. The Hall–Kier alpha value is -2.16. The number of methoxy groups -OCH3 is 1. The Bertz CT molecular complexity index is 1150. The molecule has 1 aliphatic rings. The van der Waals surface area contributed by atoms with Crippen molar-refractivity contribution in [3.05, 3.63) is 57.2 Å². The number of hydrogen-bond acceptors (Lipinski definition) is 6. The van der Waals surface area contributed by atoms with Gasteiger partial charge in [0.2, 0.25) is 0 Å². The number of nitrogens with one attached hydrogen (secondary N) is 1. The highest BCUT2D eigenvalue weighted by Gasteiger charge is 2.29. The van der Waals surface area contributed by atoms with Crippen molar-refractivity contribution in [1.82, 2.24) is 14.9 Å². The second-order valence-corrected chi connectivity index (χ2v) is 11.1. The number of benzene rings is 1. The highest BCUT2D eigenvalue weighted by atomic mass is 79.9. The standard InChI is InChI=1S/C28H37BrClFN4O2/c1-7-35-13-19(4)21(14-35)10-17(2)15-37-25-12-20(5)32-16-33-28(18(3)11-24(25)36-6)34-23-9-8-22(29)26(30)27(23)31/h8-9,11-12,16-17,19,21H,7,10,13-15H2,1-6H3,(H,32,33,34)/t17?,19?,21-/m0/s1. The first-order valence-electron chi connectivity index (χ1n) is 12.6. The van der Waals surface area contributed by atoms with Crippen LogP contribution >= 0.6 is 27.5 Å². The van der Waals surface area contributed by atoms with Gasteiger partial charge in [-0.25, -0.2) is 14.4 Å². The zero-order valence-corrected chi connectivity index (χ0v) is 24.8. The predicted octanol–water partition coefficient (Wildman–Crippen LogP) is 7.52. The van der Waals surface area contributed by atoms with Crippen LogP contribution in [0.5, 0.6) is 11.5 Å². The summed E-state index contributed by atoms with van der Waals surface area (Å²) in [5, 5.41) is 3.02. The zero-order chi connectivity index (χ0) is 27.1. The average molecular weight is 596 g/mol. The maximum Gasteiger partial charge on any atom is 0.166 e. The van der Waals surface area contributed by atoms with Gasteiger partial charge in [0.15, 0.2) is 17.3 Å². The Morgan fingerprint density at radius 2 is 1.97 bits per heavy atom. The minimum atomic E-state index is -0.573. The number of rotatable bonds is 9. The van der Waals surface area contributed by atoms with Crippen LogP contribution in [0.25, 0.3) is 0 Å². The predicted molar refractivity (Wildman–Crippen MR) is 152 cm³/mol. The van der Waals surface area contributed by atoms with Gasteiger partial charge in [0.1, 0.15) is 12.1 Å². The molecule has 1 saturated heterocycles. The van der Waals surface area contributed by atoms with Crippen molar-refractivity contribution in [3.8, 4) is 11.5 Å². The molecule has 0 bridgehead atoms. The van der Waals surface area contributed by atoms with E-state index in [-0.39, 0.29) is 10.7 Å². The summed E-state index contributed by atoms with van der Waals surface area (Å²) in [6, 6.07) is 6.95. The van der Waals surface area contributed by atoms with Crippen LogP contribution in [0.15, 0.2) is 35.1 Å². The third-order valence-electron chi connectivity index (χ3n) is 6.78. The lowest BCUT2D eigenvalue weighted by Gasteiger charge is -2.20. The fourth-order valence-corrected chi connectivity index (χ4v) is 5.06. The van der Waals surface area contributed by atoms with Crippen molar-refractivity contribution in [1.29, 1.82) is 0 Å². The summed E-state index contributed by atoms with van der Waals surface area (Å²) in [6.45, 7) is 14.5. The average Bonchev–Trinajstić information content (AvgIpc) is 3.23. The van der Waals surface area contributed by atoms with Crippen LogP contribution in [0.1, 0.15) is 38.4 Å². The molecule has 0 amide bonds. The Morgan fingerprint density at radius 1 is 1.22 bits per heavy atom. The molecule has 2 aromatic rings. The lowest BCUT2D eigenvalue weighted by Crippen LogP contribution is -2.21. The first kappa shape index (κ1) is 29.4. The molecule has 3 atom stereocenters. The summed E-state index contributed by atoms with van der Waals surface area (Å²) in [5.74, 6) is 2.73. The molecule has 1 aromatic carbocycles. The summed E-state index contributed by atoms with van der Waals surface area (Å²) < 4.78 is 27.2. The van der Waals surface area contributed by atoms with Crippen molar-refractivity contribution < 1.29 is 13.9 Å². The third-order valence-corrected chi connectivity index (χ3v) is 8.04. The number of anilines is 2. The van der Waals surface area contributed by atoms with E-state index in [1.54, 1.807) is 19.2 Å². The molecule has 1 N–H and O–H groups in total. The van der Waals surface area contributed by atoms with Gasteiger partial charge >= 0.3 is 0 Å². The minimum absolute atomic E-state index is 0.00349. The van der Waals surface area contributed by atoms with Crippen LogP contribution in [0.2, 0.25) is 5.02 Å². The van der Waals surface area contributed by atoms with E-state index in [0.29, 0.717) is 57.4 Å². The third kappa shape index (κ3) is 7.91. The number of aromatic nitrogens is 2. The first-order valence-corrected chi connectivity index (χ1v) is 13.8. The van der Waals surface area contributed by atoms with Crippen molar-refractivity contribution in [2.45, 2.75) is 41.0 Å². The van der Waals surface area contributed by atoms with Crippen molar-refractivity contribution >= 4 is 39.0 Å². The van der Waals surface area contributed by atoms with Gasteiger partial charge in [-0.3, -0.25) is 0 Å². The summed E-state index contributed by atoms with van der Waals surface area (Å²) >= 11 is 9.31. The van der Waals surface area contributed by atoms with Crippen molar-refractivity contribution in [2.75, 3.05) is 38.7 Å². The van der Waals surface area contributed by atoms with E-state index in [1.165, 1.54) is 12.9 Å². The molecule has 0 aliphatic carbocycles. The van der Waals surface area contributed by atoms with Gasteiger partial charge in [0.25, 0.3) is 0 Å². The smallest absolute Gasteiger partial charge is 0.166 e. The highest BCUT2D eigenvalue weighted by Crippen LogP contribution is 2.33. The lowest BCUT2D eigenvalue weighted by atomic mass is 9.89. The molecule has 202 valence electrons. The van der Waals surface area contributed by atoms with Crippen LogP contribution in [0.4, 0.5) is 15.9 Å². The molecule has 37 heavy (non-hydrogen) atoms. The molecule has 0 spiro atoms. The second-order valence-electron chi connectivity index (χ2n) is 9.86. The van der Waals surface area contributed by atoms with Gasteiger partial charge in [-0.15, -0.1) is 0 Å². The normalized spacial score (nSPS) is 18.3. The largest absolute Gasteiger partial charge is 0.493 e. The molecule has 3 rings (SSSR count). The summed E-state index contributed by atoms with van der Waals surface area (Å²) in [6.07, 6.45) is 2.55. The van der Waals surface area contributed by atoms with Gasteiger partial charge in [0.05, 0.1) is 24.4 Å². The van der Waals surface area contributed by atoms with Gasteiger partial charge in [-0.2, -0.15) is 0 Å². The lowest BCUT2D eigenvalue weighted by molar-refractivity contribution is 0.215. The molecule has 1 aliphatic heterocycles. The SMILES string of the molecule is CCN1CC(C)[C@@H](CC(C)COc2cc(C)ncnc(Nc3ccc(Br)c(Cl)c3F)c(C)cc2OC)C1. The van der Waals surface area contributed by atoms with Crippen LogP contribution in [-0.4, -0.2) is 48.2 Å². The van der Waals surface area contributed by atoms with E-state index < -0.39 is 5.82 Å². The van der Waals surface area contributed by atoms with Crippen molar-refractivity contribution in [3.63, 3.8) is 0 Å². The van der Waals surface area contributed by atoms with Gasteiger partial charge < -0.3 is 19.7 Å². The molecule has 9 heteroatoms. The van der Waals surface area contributed by atoms with Crippen LogP contribution in [-0.2, 0) is 0 Å². The van der Waals surface area contributed by atoms with E-state index in [1.807, 2.05) is 26.0 Å². The first-order chi connectivity index (χ1) is 17.6. The van der Waals surface area contributed by atoms with E-state index in [0.717, 1.165) is 19.5 Å². The number of hydrogen-bond donors (Lipinski definition) is 1. The maximum atomic E-state index is 14.7. The van der Waals surface area contributed by atoms with Crippen molar-refractivity contribution in [2.24, 2.45) is 17.8 Å². The topological polar surface area (TPSA) is 59.5 Å². The molecule has 2 heterocycles.